The van der Waals surface area contributed by atoms with E-state index in [1.807, 2.05) is 0 Å². The summed E-state index contributed by atoms with van der Waals surface area (Å²) in [5, 5.41) is 6.94. The van der Waals surface area contributed by atoms with Gasteiger partial charge in [0, 0.05) is 5.39 Å². The number of benzene rings is 1. The van der Waals surface area contributed by atoms with Gasteiger partial charge < -0.3 is 5.32 Å². The van der Waals surface area contributed by atoms with Crippen molar-refractivity contribution < 1.29 is 31.1 Å². The largest absolute Gasteiger partial charge is 0.416 e. The molecule has 1 atom stereocenters. The van der Waals surface area contributed by atoms with Gasteiger partial charge in [0.05, 0.1) is 41.6 Å². The van der Waals surface area contributed by atoms with Gasteiger partial charge in [0.25, 0.3) is 0 Å². The normalized spacial score (nSPS) is 13.4. The van der Waals surface area contributed by atoms with Crippen LogP contribution < -0.4 is 5.32 Å². The van der Waals surface area contributed by atoms with Crippen LogP contribution in [0.25, 0.3) is 10.9 Å². The number of carbonyl (C=O) groups excluding carboxylic acids is 1. The van der Waals surface area contributed by atoms with E-state index in [1.165, 1.54) is 24.5 Å². The summed E-state index contributed by atoms with van der Waals surface area (Å²) in [5.41, 5.74) is 0.276. The molecule has 11 heteroatoms. The van der Waals surface area contributed by atoms with Crippen LogP contribution >= 0.6 is 0 Å². The van der Waals surface area contributed by atoms with Crippen molar-refractivity contribution in [1.82, 2.24) is 20.1 Å². The highest BCUT2D eigenvalue weighted by Crippen LogP contribution is 2.29. The fourth-order valence-electron chi connectivity index (χ4n) is 3.11. The molecule has 2 heterocycles. The first kappa shape index (κ1) is 22.6. The minimum atomic E-state index is -4.45. The lowest BCUT2D eigenvalue weighted by atomic mass is 10.1. The fourth-order valence-corrected chi connectivity index (χ4v) is 3.11. The standard InChI is InChI=1S/C20H18F6N4O/c1-2-15(29-18(31)7-12-3-5-14(6-4-12)20(24,25)26)16-8-13-9-28-30(11-19(21,22)23)17(13)10-27-16/h3-6,8-10,15H,2,7,11H2,1H3,(H,29,31)/t15-/m1/s1. The van der Waals surface area contributed by atoms with Gasteiger partial charge in [-0.2, -0.15) is 31.4 Å². The molecule has 1 amide bonds. The van der Waals surface area contributed by atoms with Crippen molar-refractivity contribution in [2.45, 2.75) is 44.7 Å². The number of carbonyl (C=O) groups is 1. The van der Waals surface area contributed by atoms with Gasteiger partial charge in [0.15, 0.2) is 0 Å². The summed E-state index contributed by atoms with van der Waals surface area (Å²) >= 11 is 0. The maximum absolute atomic E-state index is 12.6. The third kappa shape index (κ3) is 5.74. The van der Waals surface area contributed by atoms with Crippen molar-refractivity contribution in [1.29, 1.82) is 0 Å². The van der Waals surface area contributed by atoms with Gasteiger partial charge in [0.1, 0.15) is 6.54 Å². The molecular formula is C20H18F6N4O. The Labute approximate surface area is 173 Å². The number of aromatic nitrogens is 3. The van der Waals surface area contributed by atoms with E-state index < -0.39 is 36.4 Å². The molecule has 166 valence electrons. The Bertz CT molecular complexity index is 1060. The number of hydrogen-bond donors (Lipinski definition) is 1. The molecule has 0 unspecified atom stereocenters. The average molecular weight is 444 g/mol. The number of pyridine rings is 1. The van der Waals surface area contributed by atoms with E-state index in [4.69, 9.17) is 0 Å². The minimum absolute atomic E-state index is 0.125. The molecule has 2 aromatic heterocycles. The van der Waals surface area contributed by atoms with Crippen LogP contribution in [-0.2, 0) is 23.9 Å². The third-order valence-corrected chi connectivity index (χ3v) is 4.62. The van der Waals surface area contributed by atoms with Crippen LogP contribution in [0.15, 0.2) is 42.7 Å². The molecule has 0 saturated heterocycles. The van der Waals surface area contributed by atoms with Crippen molar-refractivity contribution in [3.05, 3.63) is 59.5 Å². The lowest BCUT2D eigenvalue weighted by molar-refractivity contribution is -0.142. The molecule has 0 radical (unpaired) electrons. The van der Waals surface area contributed by atoms with Crippen molar-refractivity contribution in [3.8, 4) is 0 Å². The second-order valence-electron chi connectivity index (χ2n) is 6.99. The number of nitrogens with zero attached hydrogens (tertiary/aromatic N) is 3. The van der Waals surface area contributed by atoms with Crippen LogP contribution in [-0.4, -0.2) is 26.8 Å². The SMILES string of the molecule is CC[C@@H](NC(=O)Cc1ccc(C(F)(F)F)cc1)c1cc2cnn(CC(F)(F)F)c2cn1. The molecule has 0 fully saturated rings. The minimum Gasteiger partial charge on any atom is -0.347 e. The first-order valence-corrected chi connectivity index (χ1v) is 9.30. The zero-order valence-electron chi connectivity index (χ0n) is 16.3. The zero-order valence-corrected chi connectivity index (χ0v) is 16.3. The van der Waals surface area contributed by atoms with Gasteiger partial charge in [-0.25, -0.2) is 0 Å². The average Bonchev–Trinajstić information content (AvgIpc) is 3.06. The Morgan fingerprint density at radius 3 is 2.35 bits per heavy atom. The smallest absolute Gasteiger partial charge is 0.347 e. The molecular weight excluding hydrogens is 426 g/mol. The van der Waals surface area contributed by atoms with Crippen molar-refractivity contribution in [3.63, 3.8) is 0 Å². The number of alkyl halides is 6. The van der Waals surface area contributed by atoms with E-state index in [2.05, 4.69) is 15.4 Å². The predicted octanol–water partition coefficient (Wildman–Crippen LogP) is 4.82. The highest BCUT2D eigenvalue weighted by Gasteiger charge is 2.30. The lowest BCUT2D eigenvalue weighted by Crippen LogP contribution is -2.30. The molecule has 0 aliphatic carbocycles. The molecule has 31 heavy (non-hydrogen) atoms. The summed E-state index contributed by atoms with van der Waals surface area (Å²) in [5.74, 6) is -0.415. The molecule has 0 aliphatic heterocycles. The van der Waals surface area contributed by atoms with E-state index in [1.54, 1.807) is 13.0 Å². The number of hydrogen-bond acceptors (Lipinski definition) is 3. The van der Waals surface area contributed by atoms with E-state index in [9.17, 15) is 31.1 Å². The number of halogens is 6. The first-order chi connectivity index (χ1) is 14.5. The van der Waals surface area contributed by atoms with E-state index in [0.29, 0.717) is 23.1 Å². The Morgan fingerprint density at radius 2 is 1.77 bits per heavy atom. The van der Waals surface area contributed by atoms with Crippen molar-refractivity contribution in [2.24, 2.45) is 0 Å². The highest BCUT2D eigenvalue weighted by molar-refractivity contribution is 5.80. The Kier molecular flexibility index (Phi) is 6.23. The van der Waals surface area contributed by atoms with Crippen molar-refractivity contribution in [2.75, 3.05) is 0 Å². The summed E-state index contributed by atoms with van der Waals surface area (Å²) in [6.45, 7) is 0.556. The molecule has 0 saturated carbocycles. The molecule has 1 N–H and O–H groups in total. The molecule has 0 aliphatic rings. The van der Waals surface area contributed by atoms with Crippen LogP contribution in [0.2, 0.25) is 0 Å². The lowest BCUT2D eigenvalue weighted by Gasteiger charge is -2.17. The van der Waals surface area contributed by atoms with Crippen molar-refractivity contribution >= 4 is 16.8 Å². The summed E-state index contributed by atoms with van der Waals surface area (Å²) in [6.07, 6.45) is -5.98. The summed E-state index contributed by atoms with van der Waals surface area (Å²) < 4.78 is 76.6. The second kappa shape index (κ2) is 8.56. The summed E-state index contributed by atoms with van der Waals surface area (Å²) in [6, 6.07) is 5.34. The number of nitrogens with one attached hydrogen (secondary N) is 1. The number of amides is 1. The molecule has 0 bridgehead atoms. The molecule has 0 spiro atoms. The first-order valence-electron chi connectivity index (χ1n) is 9.30. The third-order valence-electron chi connectivity index (χ3n) is 4.62. The van der Waals surface area contributed by atoms with Gasteiger partial charge in [-0.05, 0) is 30.2 Å². The maximum Gasteiger partial charge on any atom is 0.416 e. The zero-order chi connectivity index (χ0) is 22.8. The molecule has 3 aromatic rings. The monoisotopic (exact) mass is 444 g/mol. The second-order valence-corrected chi connectivity index (χ2v) is 6.99. The van der Waals surface area contributed by atoms with E-state index >= 15 is 0 Å². The van der Waals surface area contributed by atoms with Crippen LogP contribution in [0.3, 0.4) is 0 Å². The Hall–Kier alpha value is -3.11. The van der Waals surface area contributed by atoms with Gasteiger partial charge >= 0.3 is 12.4 Å². The van der Waals surface area contributed by atoms with Crippen LogP contribution in [0.1, 0.15) is 36.2 Å². The van der Waals surface area contributed by atoms with Gasteiger partial charge in [0.2, 0.25) is 5.91 Å². The summed E-state index contributed by atoms with van der Waals surface area (Å²) in [4.78, 5) is 16.5. The van der Waals surface area contributed by atoms with Gasteiger partial charge in [-0.15, -0.1) is 0 Å². The maximum atomic E-state index is 12.6. The molecule has 5 nitrogen and oxygen atoms in total. The number of fused-ring (bicyclic) bond motifs is 1. The van der Waals surface area contributed by atoms with Gasteiger partial charge in [-0.3, -0.25) is 14.5 Å². The molecule has 3 rings (SSSR count). The Balaban J connectivity index is 1.70. The quantitative estimate of drug-likeness (QED) is 0.555. The van der Waals surface area contributed by atoms with Crippen LogP contribution in [0, 0.1) is 0 Å². The Morgan fingerprint density at radius 1 is 1.10 bits per heavy atom. The highest BCUT2D eigenvalue weighted by atomic mass is 19.4. The fraction of sp³-hybridized carbons (Fsp3) is 0.350. The topological polar surface area (TPSA) is 59.8 Å². The molecule has 1 aromatic carbocycles. The van der Waals surface area contributed by atoms with Crippen LogP contribution in [0.4, 0.5) is 26.3 Å². The van der Waals surface area contributed by atoms with E-state index in [0.717, 1.165) is 16.8 Å². The van der Waals surface area contributed by atoms with E-state index in [-0.39, 0.29) is 11.9 Å². The predicted molar refractivity (Wildman–Crippen MR) is 99.9 cm³/mol. The summed E-state index contributed by atoms with van der Waals surface area (Å²) in [7, 11) is 0. The van der Waals surface area contributed by atoms with Gasteiger partial charge in [-0.1, -0.05) is 19.1 Å². The van der Waals surface area contributed by atoms with Crippen LogP contribution in [0.5, 0.6) is 0 Å². The number of rotatable bonds is 6.